The number of hydrogen-bond donors (Lipinski definition) is 0. The van der Waals surface area contributed by atoms with Crippen LogP contribution in [-0.4, -0.2) is 0 Å². The average Bonchev–Trinajstić information content (AvgIpc) is 1.97. The van der Waals surface area contributed by atoms with Crippen molar-refractivity contribution < 1.29 is 0 Å². The molecule has 0 saturated carbocycles. The Morgan fingerprint density at radius 1 is 1.00 bits per heavy atom. The van der Waals surface area contributed by atoms with Gasteiger partial charge in [-0.15, -0.1) is 0 Å². The minimum Gasteiger partial charge on any atom is -0.0651 e. The first-order chi connectivity index (χ1) is 5.41. The summed E-state index contributed by atoms with van der Waals surface area (Å²) in [6, 6.07) is 0. The second-order valence-corrected chi connectivity index (χ2v) is 5.19. The van der Waals surface area contributed by atoms with Crippen molar-refractivity contribution in [3.63, 3.8) is 0 Å². The Balaban J connectivity index is 3.90. The Morgan fingerprint density at radius 2 is 1.42 bits per heavy atom. The number of rotatable bonds is 4. The quantitative estimate of drug-likeness (QED) is 0.583. The highest BCUT2D eigenvalue weighted by Gasteiger charge is 2.21. The van der Waals surface area contributed by atoms with Crippen molar-refractivity contribution in [2.24, 2.45) is 17.3 Å². The van der Waals surface area contributed by atoms with Crippen LogP contribution < -0.4 is 0 Å². The molecule has 0 saturated heterocycles. The van der Waals surface area contributed by atoms with E-state index in [0.717, 1.165) is 11.8 Å². The van der Waals surface area contributed by atoms with E-state index in [0.29, 0.717) is 5.41 Å². The molecule has 0 fully saturated rings. The van der Waals surface area contributed by atoms with Crippen LogP contribution in [0.25, 0.3) is 0 Å². The van der Waals surface area contributed by atoms with Crippen LogP contribution in [0, 0.1) is 17.3 Å². The first kappa shape index (κ1) is 12.0. The van der Waals surface area contributed by atoms with Gasteiger partial charge in [-0.1, -0.05) is 54.4 Å². The zero-order valence-electron chi connectivity index (χ0n) is 9.78. The summed E-state index contributed by atoms with van der Waals surface area (Å²) in [5.41, 5.74) is 0.489. The lowest BCUT2D eigenvalue weighted by molar-refractivity contribution is 0.209. The molecule has 0 radical (unpaired) electrons. The smallest absolute Gasteiger partial charge is 0.0357 e. The van der Waals surface area contributed by atoms with Gasteiger partial charge >= 0.3 is 0 Å². The molecule has 0 aliphatic carbocycles. The third kappa shape index (κ3) is 4.13. The van der Waals surface area contributed by atoms with Gasteiger partial charge in [0.15, 0.2) is 0 Å². The van der Waals surface area contributed by atoms with Gasteiger partial charge in [-0.25, -0.2) is 0 Å². The summed E-state index contributed by atoms with van der Waals surface area (Å²) < 4.78 is 0. The fraction of sp³-hybridized carbons (Fsp3) is 1.00. The Morgan fingerprint density at radius 3 is 1.67 bits per heavy atom. The van der Waals surface area contributed by atoms with Gasteiger partial charge in [-0.2, -0.15) is 0 Å². The van der Waals surface area contributed by atoms with E-state index in [1.165, 1.54) is 19.3 Å². The summed E-state index contributed by atoms with van der Waals surface area (Å²) in [6.07, 6.45) is 4.09. The van der Waals surface area contributed by atoms with Crippen LogP contribution in [0.4, 0.5) is 0 Å². The molecule has 0 aliphatic rings. The summed E-state index contributed by atoms with van der Waals surface area (Å²) in [6.45, 7) is 14.0. The fourth-order valence-corrected chi connectivity index (χ4v) is 1.48. The van der Waals surface area contributed by atoms with Crippen molar-refractivity contribution in [1.29, 1.82) is 0 Å². The first-order valence-electron chi connectivity index (χ1n) is 5.41. The van der Waals surface area contributed by atoms with E-state index in [-0.39, 0.29) is 0 Å². The zero-order chi connectivity index (χ0) is 9.78. The highest BCUT2D eigenvalue weighted by atomic mass is 14.3. The topological polar surface area (TPSA) is 0 Å². The summed E-state index contributed by atoms with van der Waals surface area (Å²) in [5.74, 6) is 1.79. The molecular formula is C12H26. The molecule has 0 rings (SSSR count). The van der Waals surface area contributed by atoms with E-state index in [4.69, 9.17) is 0 Å². The highest BCUT2D eigenvalue weighted by Crippen LogP contribution is 2.32. The van der Waals surface area contributed by atoms with Gasteiger partial charge in [0.05, 0.1) is 0 Å². The standard InChI is InChI=1S/C12H26/c1-7-11(8-2)9-10(3)12(4,5)6/h10-11H,7-9H2,1-6H3/t10-/m1/s1. The van der Waals surface area contributed by atoms with Crippen molar-refractivity contribution in [3.8, 4) is 0 Å². The van der Waals surface area contributed by atoms with Gasteiger partial charge < -0.3 is 0 Å². The van der Waals surface area contributed by atoms with Crippen molar-refractivity contribution in [2.75, 3.05) is 0 Å². The van der Waals surface area contributed by atoms with E-state index < -0.39 is 0 Å². The van der Waals surface area contributed by atoms with E-state index in [9.17, 15) is 0 Å². The minimum atomic E-state index is 0.489. The van der Waals surface area contributed by atoms with Crippen molar-refractivity contribution in [1.82, 2.24) is 0 Å². The Kier molecular flexibility index (Phi) is 4.89. The van der Waals surface area contributed by atoms with E-state index in [1.807, 2.05) is 0 Å². The van der Waals surface area contributed by atoms with Gasteiger partial charge in [0.2, 0.25) is 0 Å². The van der Waals surface area contributed by atoms with E-state index in [2.05, 4.69) is 41.5 Å². The molecule has 0 aromatic rings. The zero-order valence-corrected chi connectivity index (χ0v) is 9.78. The molecule has 12 heavy (non-hydrogen) atoms. The molecule has 74 valence electrons. The molecule has 0 spiro atoms. The summed E-state index contributed by atoms with van der Waals surface area (Å²) in [4.78, 5) is 0. The second kappa shape index (κ2) is 4.89. The average molecular weight is 170 g/mol. The normalized spacial score (nSPS) is 15.2. The van der Waals surface area contributed by atoms with Crippen LogP contribution in [0.1, 0.15) is 60.8 Å². The predicted octanol–water partition coefficient (Wildman–Crippen LogP) is 4.49. The lowest BCUT2D eigenvalue weighted by atomic mass is 9.76. The van der Waals surface area contributed by atoms with Crippen LogP contribution >= 0.6 is 0 Å². The van der Waals surface area contributed by atoms with Crippen LogP contribution in [0.3, 0.4) is 0 Å². The molecule has 0 aromatic heterocycles. The van der Waals surface area contributed by atoms with Crippen LogP contribution in [0.15, 0.2) is 0 Å². The predicted molar refractivity (Wildman–Crippen MR) is 57.3 cm³/mol. The largest absolute Gasteiger partial charge is 0.0651 e. The molecule has 0 aliphatic heterocycles. The van der Waals surface area contributed by atoms with Crippen LogP contribution in [0.5, 0.6) is 0 Å². The lowest BCUT2D eigenvalue weighted by Gasteiger charge is -2.30. The van der Waals surface area contributed by atoms with Gasteiger partial charge in [-0.05, 0) is 23.7 Å². The SMILES string of the molecule is CCC(CC)C[C@@H](C)C(C)(C)C. The van der Waals surface area contributed by atoms with E-state index in [1.54, 1.807) is 0 Å². The lowest BCUT2D eigenvalue weighted by Crippen LogP contribution is -2.20. The Labute approximate surface area is 78.8 Å². The summed E-state index contributed by atoms with van der Waals surface area (Å²) >= 11 is 0. The summed E-state index contributed by atoms with van der Waals surface area (Å²) in [7, 11) is 0. The first-order valence-corrected chi connectivity index (χ1v) is 5.41. The van der Waals surface area contributed by atoms with Crippen molar-refractivity contribution in [2.45, 2.75) is 60.8 Å². The van der Waals surface area contributed by atoms with E-state index >= 15 is 0 Å². The van der Waals surface area contributed by atoms with Crippen LogP contribution in [-0.2, 0) is 0 Å². The molecule has 1 atom stereocenters. The highest BCUT2D eigenvalue weighted by molar-refractivity contribution is 4.72. The van der Waals surface area contributed by atoms with Gasteiger partial charge in [-0.3, -0.25) is 0 Å². The van der Waals surface area contributed by atoms with Gasteiger partial charge in [0.1, 0.15) is 0 Å². The molecule has 0 nitrogen and oxygen atoms in total. The second-order valence-electron chi connectivity index (χ2n) is 5.19. The minimum absolute atomic E-state index is 0.489. The molecule has 0 aromatic carbocycles. The maximum atomic E-state index is 2.39. The van der Waals surface area contributed by atoms with Crippen molar-refractivity contribution >= 4 is 0 Å². The monoisotopic (exact) mass is 170 g/mol. The summed E-state index contributed by atoms with van der Waals surface area (Å²) in [5, 5.41) is 0. The van der Waals surface area contributed by atoms with Crippen LogP contribution in [0.2, 0.25) is 0 Å². The number of hydrogen-bond acceptors (Lipinski definition) is 0. The fourth-order valence-electron chi connectivity index (χ4n) is 1.48. The maximum absolute atomic E-state index is 2.39. The van der Waals surface area contributed by atoms with Gasteiger partial charge in [0.25, 0.3) is 0 Å². The third-order valence-corrected chi connectivity index (χ3v) is 3.32. The molecule has 0 unspecified atom stereocenters. The molecule has 0 heteroatoms. The third-order valence-electron chi connectivity index (χ3n) is 3.32. The van der Waals surface area contributed by atoms with Gasteiger partial charge in [0, 0.05) is 0 Å². The molecular weight excluding hydrogens is 144 g/mol. The Hall–Kier alpha value is 0. The molecule has 0 amide bonds. The maximum Gasteiger partial charge on any atom is -0.0357 e. The van der Waals surface area contributed by atoms with Crippen molar-refractivity contribution in [3.05, 3.63) is 0 Å². The molecule has 0 N–H and O–H groups in total. The molecule has 0 heterocycles. The Bertz CT molecular complexity index is 104. The molecule has 0 bridgehead atoms.